The standard InChI is InChI=1S/C34H24Cl3N3O4S2/c1-19-3-2-4-20(15-19)17-44-26-13-8-22(9-14-26)30(41)28-29(21-5-10-24(35)11-6-21)40(32(43)31(28)42)33-38-39-34(46-33)45-18-23-7-12-25(36)16-27(23)37/h2-16,29,41H,17-18H2,1H3. The Kier molecular flexibility index (Phi) is 9.67. The molecule has 1 N–H and O–H groups in total. The first-order valence-corrected chi connectivity index (χ1v) is 16.9. The molecule has 1 amide bonds. The molecule has 0 bridgehead atoms. The van der Waals surface area contributed by atoms with Crippen LogP contribution in [0.15, 0.2) is 101 Å². The fourth-order valence-electron chi connectivity index (χ4n) is 4.96. The number of hydrogen-bond donors (Lipinski definition) is 1. The summed E-state index contributed by atoms with van der Waals surface area (Å²) in [4.78, 5) is 28.4. The minimum absolute atomic E-state index is 0.0712. The molecule has 12 heteroatoms. The smallest absolute Gasteiger partial charge is 0.301 e. The van der Waals surface area contributed by atoms with Crippen molar-refractivity contribution in [2.75, 3.05) is 4.90 Å². The number of carbonyl (C=O) groups is 2. The van der Waals surface area contributed by atoms with Crippen LogP contribution in [0.1, 0.15) is 33.9 Å². The van der Waals surface area contributed by atoms with Gasteiger partial charge in [-0.2, -0.15) is 0 Å². The molecule has 1 aliphatic rings. The zero-order valence-electron chi connectivity index (χ0n) is 24.1. The number of rotatable bonds is 9. The maximum atomic E-state index is 13.6. The van der Waals surface area contributed by atoms with Crippen molar-refractivity contribution in [2.45, 2.75) is 29.7 Å². The third kappa shape index (κ3) is 6.94. The van der Waals surface area contributed by atoms with Crippen molar-refractivity contribution in [3.8, 4) is 5.75 Å². The molecule has 2 heterocycles. The zero-order chi connectivity index (χ0) is 32.4. The number of carbonyl (C=O) groups excluding carboxylic acids is 2. The van der Waals surface area contributed by atoms with Crippen LogP contribution >= 0.6 is 57.9 Å². The summed E-state index contributed by atoms with van der Waals surface area (Å²) in [6, 6.07) is 25.8. The molecule has 4 aromatic carbocycles. The van der Waals surface area contributed by atoms with Crippen molar-refractivity contribution in [2.24, 2.45) is 0 Å². The molecule has 0 aliphatic carbocycles. The van der Waals surface area contributed by atoms with Gasteiger partial charge in [0.2, 0.25) is 5.13 Å². The number of ether oxygens (including phenoxy) is 1. The molecule has 232 valence electrons. The Balaban J connectivity index is 1.29. The lowest BCUT2D eigenvalue weighted by molar-refractivity contribution is -0.132. The molecule has 5 aromatic rings. The molecule has 7 nitrogen and oxygen atoms in total. The van der Waals surface area contributed by atoms with Crippen LogP contribution in [0.3, 0.4) is 0 Å². The van der Waals surface area contributed by atoms with Crippen LogP contribution in [0, 0.1) is 6.92 Å². The Bertz CT molecular complexity index is 1960. The fourth-order valence-corrected chi connectivity index (χ4v) is 7.51. The number of hydrogen-bond acceptors (Lipinski definition) is 8. The fraction of sp³-hybridized carbons (Fsp3) is 0.118. The van der Waals surface area contributed by atoms with E-state index in [1.54, 1.807) is 60.7 Å². The number of benzene rings is 4. The van der Waals surface area contributed by atoms with E-state index in [0.29, 0.717) is 48.6 Å². The molecule has 46 heavy (non-hydrogen) atoms. The first kappa shape index (κ1) is 32.1. The molecule has 1 saturated heterocycles. The van der Waals surface area contributed by atoms with Crippen LogP contribution in [-0.2, 0) is 21.9 Å². The van der Waals surface area contributed by atoms with Gasteiger partial charge in [0, 0.05) is 26.4 Å². The summed E-state index contributed by atoms with van der Waals surface area (Å²) in [5.41, 5.74) is 3.88. The second-order valence-corrected chi connectivity index (χ2v) is 13.9. The van der Waals surface area contributed by atoms with Crippen molar-refractivity contribution < 1.29 is 19.4 Å². The first-order valence-electron chi connectivity index (χ1n) is 13.9. The van der Waals surface area contributed by atoms with E-state index in [9.17, 15) is 14.7 Å². The maximum absolute atomic E-state index is 13.6. The first-order chi connectivity index (χ1) is 22.2. The number of aliphatic hydroxyl groups is 1. The molecule has 1 fully saturated rings. The van der Waals surface area contributed by atoms with E-state index in [0.717, 1.165) is 28.0 Å². The number of Topliss-reactive ketones (excluding diaryl/α,β-unsaturated/α-hetero) is 1. The van der Waals surface area contributed by atoms with Gasteiger partial charge in [-0.15, -0.1) is 10.2 Å². The summed E-state index contributed by atoms with van der Waals surface area (Å²) in [6.45, 7) is 2.40. The summed E-state index contributed by atoms with van der Waals surface area (Å²) in [5, 5.41) is 21.8. The molecule has 1 atom stereocenters. The van der Waals surface area contributed by atoms with Gasteiger partial charge in [-0.1, -0.05) is 106 Å². The van der Waals surface area contributed by atoms with E-state index < -0.39 is 17.7 Å². The third-order valence-electron chi connectivity index (χ3n) is 7.21. The monoisotopic (exact) mass is 707 g/mol. The summed E-state index contributed by atoms with van der Waals surface area (Å²) < 4.78 is 6.48. The normalized spacial score (nSPS) is 15.8. The largest absolute Gasteiger partial charge is 0.507 e. The Labute approximate surface area is 288 Å². The van der Waals surface area contributed by atoms with E-state index in [4.69, 9.17) is 39.5 Å². The summed E-state index contributed by atoms with van der Waals surface area (Å²) in [5.74, 6) is -0.897. The summed E-state index contributed by atoms with van der Waals surface area (Å²) in [6.07, 6.45) is 0. The van der Waals surface area contributed by atoms with Crippen LogP contribution in [0.4, 0.5) is 5.13 Å². The maximum Gasteiger partial charge on any atom is 0.301 e. The quantitative estimate of drug-likeness (QED) is 0.0537. The average molecular weight is 709 g/mol. The van der Waals surface area contributed by atoms with E-state index in [-0.39, 0.29) is 16.5 Å². The number of nitrogens with zero attached hydrogens (tertiary/aromatic N) is 3. The highest BCUT2D eigenvalue weighted by Gasteiger charge is 2.48. The Hall–Kier alpha value is -3.86. The number of aryl methyl sites for hydroxylation is 1. The van der Waals surface area contributed by atoms with Gasteiger partial charge < -0.3 is 9.84 Å². The number of ketones is 1. The Morgan fingerprint density at radius 2 is 1.67 bits per heavy atom. The molecule has 6 rings (SSSR count). The number of aliphatic hydroxyl groups excluding tert-OH is 1. The Morgan fingerprint density at radius 1 is 0.935 bits per heavy atom. The molecule has 0 radical (unpaired) electrons. The molecule has 0 saturated carbocycles. The highest BCUT2D eigenvalue weighted by Crippen LogP contribution is 2.44. The van der Waals surface area contributed by atoms with Gasteiger partial charge in [-0.3, -0.25) is 14.5 Å². The third-order valence-corrected chi connectivity index (χ3v) is 10.2. The lowest BCUT2D eigenvalue weighted by Crippen LogP contribution is -2.29. The van der Waals surface area contributed by atoms with Crippen molar-refractivity contribution in [3.05, 3.63) is 139 Å². The van der Waals surface area contributed by atoms with Crippen LogP contribution < -0.4 is 9.64 Å². The minimum atomic E-state index is -0.967. The average Bonchev–Trinajstić information content (AvgIpc) is 3.61. The highest BCUT2D eigenvalue weighted by molar-refractivity contribution is 8.00. The van der Waals surface area contributed by atoms with Crippen LogP contribution in [0.5, 0.6) is 5.75 Å². The van der Waals surface area contributed by atoms with E-state index in [2.05, 4.69) is 10.2 Å². The molecule has 1 aliphatic heterocycles. The molecular formula is C34H24Cl3N3O4S2. The SMILES string of the molecule is Cc1cccc(COc2ccc(C(O)=C3C(=O)C(=O)N(c4nnc(SCc5ccc(Cl)cc5Cl)s4)C3c3ccc(Cl)cc3)cc2)c1. The van der Waals surface area contributed by atoms with Crippen molar-refractivity contribution in [1.29, 1.82) is 0 Å². The Morgan fingerprint density at radius 3 is 2.39 bits per heavy atom. The second kappa shape index (κ2) is 13.9. The van der Waals surface area contributed by atoms with Gasteiger partial charge in [-0.05, 0) is 72.1 Å². The number of amides is 1. The van der Waals surface area contributed by atoms with Crippen LogP contribution in [-0.4, -0.2) is 27.0 Å². The number of thioether (sulfide) groups is 1. The minimum Gasteiger partial charge on any atom is -0.507 e. The van der Waals surface area contributed by atoms with E-state index in [1.165, 1.54) is 16.7 Å². The summed E-state index contributed by atoms with van der Waals surface area (Å²) in [7, 11) is 0. The van der Waals surface area contributed by atoms with Crippen molar-refractivity contribution in [3.63, 3.8) is 0 Å². The van der Waals surface area contributed by atoms with Gasteiger partial charge in [0.05, 0.1) is 11.6 Å². The predicted molar refractivity (Wildman–Crippen MR) is 184 cm³/mol. The molecular weight excluding hydrogens is 685 g/mol. The van der Waals surface area contributed by atoms with Crippen LogP contribution in [0.2, 0.25) is 15.1 Å². The van der Waals surface area contributed by atoms with Gasteiger partial charge >= 0.3 is 5.91 Å². The topological polar surface area (TPSA) is 92.6 Å². The molecule has 0 spiro atoms. The predicted octanol–water partition coefficient (Wildman–Crippen LogP) is 9.30. The zero-order valence-corrected chi connectivity index (χ0v) is 28.0. The number of anilines is 1. The summed E-state index contributed by atoms with van der Waals surface area (Å²) >= 11 is 21.0. The molecule has 1 unspecified atom stereocenters. The van der Waals surface area contributed by atoms with E-state index in [1.807, 2.05) is 37.3 Å². The lowest BCUT2D eigenvalue weighted by Gasteiger charge is -2.22. The van der Waals surface area contributed by atoms with Crippen LogP contribution in [0.25, 0.3) is 5.76 Å². The second-order valence-electron chi connectivity index (χ2n) is 10.4. The van der Waals surface area contributed by atoms with Gasteiger partial charge in [0.15, 0.2) is 4.34 Å². The number of halogens is 3. The highest BCUT2D eigenvalue weighted by atomic mass is 35.5. The lowest BCUT2D eigenvalue weighted by atomic mass is 9.95. The van der Waals surface area contributed by atoms with E-state index >= 15 is 0 Å². The van der Waals surface area contributed by atoms with Crippen molar-refractivity contribution >= 4 is 80.5 Å². The molecule has 1 aromatic heterocycles. The van der Waals surface area contributed by atoms with Gasteiger partial charge in [-0.25, -0.2) is 0 Å². The van der Waals surface area contributed by atoms with Crippen molar-refractivity contribution in [1.82, 2.24) is 10.2 Å². The van der Waals surface area contributed by atoms with Gasteiger partial charge in [0.1, 0.15) is 18.1 Å². The number of aromatic nitrogens is 2. The van der Waals surface area contributed by atoms with Gasteiger partial charge in [0.25, 0.3) is 5.78 Å².